The number of aliphatic carboxylic acids is 1. The Labute approximate surface area is 192 Å². The van der Waals surface area contributed by atoms with Crippen molar-refractivity contribution in [3.8, 4) is 0 Å². The molecule has 31 heavy (non-hydrogen) atoms. The second-order valence-electron chi connectivity index (χ2n) is 10.8. The second kappa shape index (κ2) is 14.9. The molecule has 0 heterocycles. The summed E-state index contributed by atoms with van der Waals surface area (Å²) in [5, 5.41) is 19.1. The second-order valence-corrected chi connectivity index (χ2v) is 10.8. The van der Waals surface area contributed by atoms with Crippen LogP contribution in [0.1, 0.15) is 112 Å². The molecule has 3 heteroatoms. The molecule has 0 aromatic carbocycles. The molecule has 0 aromatic heterocycles. The number of hydrogen-bond acceptors (Lipinski definition) is 2. The lowest BCUT2D eigenvalue weighted by Gasteiger charge is -2.30. The number of allylic oxidation sites excluding steroid dienone is 3. The van der Waals surface area contributed by atoms with Crippen LogP contribution in [-0.2, 0) is 4.79 Å². The van der Waals surface area contributed by atoms with E-state index >= 15 is 0 Å². The third-order valence-electron chi connectivity index (χ3n) is 7.56. The maximum atomic E-state index is 10.9. The lowest BCUT2D eigenvalue weighted by molar-refractivity contribution is -0.141. The van der Waals surface area contributed by atoms with Crippen LogP contribution in [0.3, 0.4) is 0 Å². The van der Waals surface area contributed by atoms with Gasteiger partial charge in [-0.05, 0) is 75.5 Å². The molecule has 1 aliphatic carbocycles. The van der Waals surface area contributed by atoms with Gasteiger partial charge in [0.2, 0.25) is 0 Å². The van der Waals surface area contributed by atoms with Gasteiger partial charge in [0, 0.05) is 0 Å². The van der Waals surface area contributed by atoms with Crippen molar-refractivity contribution in [2.45, 2.75) is 118 Å². The summed E-state index contributed by atoms with van der Waals surface area (Å²) in [4.78, 5) is 10.9. The van der Waals surface area contributed by atoms with Gasteiger partial charge < -0.3 is 10.2 Å². The van der Waals surface area contributed by atoms with Crippen molar-refractivity contribution in [2.24, 2.45) is 29.6 Å². The molecular weight excluding hydrogens is 384 g/mol. The van der Waals surface area contributed by atoms with Crippen LogP contribution in [0.5, 0.6) is 0 Å². The standard InChI is InChI=1S/C28H50O3/c1-20(10-7-11-21(2)14-9-15-23(4)28(30)31)12-8-13-22(3)16-17-26-18-24(5)25(6)27(29)19-26/h14,19-20,22-25,27,29H,7-13,15-18H2,1-6H3,(H,30,31)/b21-14+. The average Bonchev–Trinajstić information content (AvgIpc) is 2.70. The number of carboxylic acid groups (broad SMARTS) is 1. The molecule has 0 saturated heterocycles. The normalized spacial score (nSPS) is 25.1. The van der Waals surface area contributed by atoms with Crippen LogP contribution >= 0.6 is 0 Å². The van der Waals surface area contributed by atoms with Crippen molar-refractivity contribution in [3.05, 3.63) is 23.3 Å². The molecule has 0 bridgehead atoms. The predicted octanol–water partition coefficient (Wildman–Crippen LogP) is 7.79. The molecule has 180 valence electrons. The number of aliphatic hydroxyl groups excluding tert-OH is 1. The fourth-order valence-electron chi connectivity index (χ4n) is 4.65. The highest BCUT2D eigenvalue weighted by Crippen LogP contribution is 2.32. The van der Waals surface area contributed by atoms with E-state index in [9.17, 15) is 9.90 Å². The molecule has 6 atom stereocenters. The maximum absolute atomic E-state index is 10.9. The molecule has 0 saturated carbocycles. The lowest BCUT2D eigenvalue weighted by atomic mass is 9.78. The van der Waals surface area contributed by atoms with E-state index in [-0.39, 0.29) is 12.0 Å². The third kappa shape index (κ3) is 11.9. The molecular formula is C28H50O3. The third-order valence-corrected chi connectivity index (χ3v) is 7.56. The van der Waals surface area contributed by atoms with Crippen LogP contribution in [-0.4, -0.2) is 22.3 Å². The number of carbonyl (C=O) groups is 1. The van der Waals surface area contributed by atoms with Crippen molar-refractivity contribution >= 4 is 5.97 Å². The van der Waals surface area contributed by atoms with Gasteiger partial charge in [0.1, 0.15) is 0 Å². The minimum atomic E-state index is -0.691. The van der Waals surface area contributed by atoms with Gasteiger partial charge in [-0.3, -0.25) is 4.79 Å². The van der Waals surface area contributed by atoms with Crippen molar-refractivity contribution < 1.29 is 15.0 Å². The fraction of sp³-hybridized carbons (Fsp3) is 0.821. The van der Waals surface area contributed by atoms with E-state index in [4.69, 9.17) is 5.11 Å². The summed E-state index contributed by atoms with van der Waals surface area (Å²) in [5.41, 5.74) is 2.88. The Morgan fingerprint density at radius 3 is 2.29 bits per heavy atom. The Morgan fingerprint density at radius 2 is 1.68 bits per heavy atom. The SMILES string of the molecule is C/C(=C\CCC(C)C(=O)O)CCCC(C)CCCC(C)CCC1=CC(O)C(C)C(C)C1. The number of aliphatic hydroxyl groups is 1. The van der Waals surface area contributed by atoms with Crippen LogP contribution in [0, 0.1) is 29.6 Å². The highest BCUT2D eigenvalue weighted by molar-refractivity contribution is 5.69. The van der Waals surface area contributed by atoms with Gasteiger partial charge in [-0.1, -0.05) is 83.6 Å². The van der Waals surface area contributed by atoms with Crippen LogP contribution in [0.4, 0.5) is 0 Å². The molecule has 6 unspecified atom stereocenters. The Balaban J connectivity index is 2.12. The Bertz CT molecular complexity index is 577. The number of hydrogen-bond donors (Lipinski definition) is 2. The van der Waals surface area contributed by atoms with Crippen molar-refractivity contribution in [1.82, 2.24) is 0 Å². The van der Waals surface area contributed by atoms with E-state index in [1.165, 1.54) is 49.7 Å². The van der Waals surface area contributed by atoms with Gasteiger partial charge in [0.15, 0.2) is 0 Å². The van der Waals surface area contributed by atoms with Gasteiger partial charge in [-0.2, -0.15) is 0 Å². The van der Waals surface area contributed by atoms with Gasteiger partial charge in [-0.15, -0.1) is 0 Å². The van der Waals surface area contributed by atoms with Crippen molar-refractivity contribution in [2.75, 3.05) is 0 Å². The summed E-state index contributed by atoms with van der Waals surface area (Å²) in [6.07, 6.45) is 16.9. The summed E-state index contributed by atoms with van der Waals surface area (Å²) < 4.78 is 0. The molecule has 0 spiro atoms. The molecule has 3 nitrogen and oxygen atoms in total. The first-order valence-electron chi connectivity index (χ1n) is 12.9. The Hall–Kier alpha value is -1.09. The molecule has 1 aliphatic rings. The molecule has 0 fully saturated rings. The predicted molar refractivity (Wildman–Crippen MR) is 132 cm³/mol. The molecule has 0 aromatic rings. The zero-order valence-electron chi connectivity index (χ0n) is 21.2. The van der Waals surface area contributed by atoms with Gasteiger partial charge in [0.05, 0.1) is 12.0 Å². The lowest BCUT2D eigenvalue weighted by Crippen LogP contribution is -2.27. The minimum Gasteiger partial charge on any atom is -0.481 e. The molecule has 2 N–H and O–H groups in total. The highest BCUT2D eigenvalue weighted by atomic mass is 16.4. The summed E-state index contributed by atoms with van der Waals surface area (Å²) in [6, 6.07) is 0. The fourth-order valence-corrected chi connectivity index (χ4v) is 4.65. The van der Waals surface area contributed by atoms with E-state index in [1.54, 1.807) is 6.92 Å². The number of carboxylic acids is 1. The zero-order valence-corrected chi connectivity index (χ0v) is 21.2. The molecule has 1 rings (SSSR count). The molecule has 0 amide bonds. The van der Waals surface area contributed by atoms with Crippen molar-refractivity contribution in [1.29, 1.82) is 0 Å². The summed E-state index contributed by atoms with van der Waals surface area (Å²) in [7, 11) is 0. The van der Waals surface area contributed by atoms with E-state index in [0.717, 1.165) is 43.9 Å². The van der Waals surface area contributed by atoms with Crippen LogP contribution < -0.4 is 0 Å². The Morgan fingerprint density at radius 1 is 1.06 bits per heavy atom. The monoisotopic (exact) mass is 434 g/mol. The van der Waals surface area contributed by atoms with E-state index in [1.807, 2.05) is 0 Å². The molecule has 0 radical (unpaired) electrons. The summed E-state index contributed by atoms with van der Waals surface area (Å²) in [6.45, 7) is 13.2. The van der Waals surface area contributed by atoms with E-state index in [0.29, 0.717) is 11.8 Å². The van der Waals surface area contributed by atoms with Crippen LogP contribution in [0.15, 0.2) is 23.3 Å². The Kier molecular flexibility index (Phi) is 13.4. The summed E-state index contributed by atoms with van der Waals surface area (Å²) >= 11 is 0. The van der Waals surface area contributed by atoms with Crippen molar-refractivity contribution in [3.63, 3.8) is 0 Å². The summed E-state index contributed by atoms with van der Waals surface area (Å²) in [5.74, 6) is 1.59. The maximum Gasteiger partial charge on any atom is 0.306 e. The first-order valence-corrected chi connectivity index (χ1v) is 12.9. The average molecular weight is 435 g/mol. The van der Waals surface area contributed by atoms with E-state index in [2.05, 4.69) is 46.8 Å². The van der Waals surface area contributed by atoms with Crippen LogP contribution in [0.25, 0.3) is 0 Å². The van der Waals surface area contributed by atoms with Crippen LogP contribution in [0.2, 0.25) is 0 Å². The number of rotatable bonds is 15. The topological polar surface area (TPSA) is 57.5 Å². The van der Waals surface area contributed by atoms with Gasteiger partial charge in [0.25, 0.3) is 0 Å². The largest absolute Gasteiger partial charge is 0.481 e. The molecule has 0 aliphatic heterocycles. The van der Waals surface area contributed by atoms with Gasteiger partial charge in [-0.25, -0.2) is 0 Å². The van der Waals surface area contributed by atoms with E-state index < -0.39 is 5.97 Å². The first-order chi connectivity index (χ1) is 14.6. The zero-order chi connectivity index (χ0) is 23.4. The first kappa shape index (κ1) is 27.9. The smallest absolute Gasteiger partial charge is 0.306 e. The highest BCUT2D eigenvalue weighted by Gasteiger charge is 2.25. The minimum absolute atomic E-state index is 0.246. The quantitative estimate of drug-likeness (QED) is 0.259. The van der Waals surface area contributed by atoms with Gasteiger partial charge >= 0.3 is 5.97 Å².